The third-order valence-electron chi connectivity index (χ3n) is 2.23. The van der Waals surface area contributed by atoms with E-state index in [1.54, 1.807) is 0 Å². The Balaban J connectivity index is 3.45. The molecule has 1 nitrogen and oxygen atoms in total. The zero-order chi connectivity index (χ0) is 10.8. The van der Waals surface area contributed by atoms with Crippen LogP contribution in [0, 0.1) is 5.92 Å². The van der Waals surface area contributed by atoms with Crippen LogP contribution in [0.1, 0.15) is 33.1 Å². The predicted octanol–water partition coefficient (Wildman–Crippen LogP) is 3.66. The van der Waals surface area contributed by atoms with E-state index in [0.717, 1.165) is 25.1 Å². The summed E-state index contributed by atoms with van der Waals surface area (Å²) < 4.78 is 0. The van der Waals surface area contributed by atoms with Crippen molar-refractivity contribution in [1.82, 2.24) is 5.32 Å². The van der Waals surface area contributed by atoms with Crippen molar-refractivity contribution in [2.75, 3.05) is 6.54 Å². The molecule has 0 rings (SSSR count). The van der Waals surface area contributed by atoms with Crippen molar-refractivity contribution >= 4 is 0 Å². The van der Waals surface area contributed by atoms with E-state index >= 15 is 0 Å². The number of nitrogens with one attached hydrogen (secondary N) is 1. The molecule has 0 heterocycles. The topological polar surface area (TPSA) is 12.0 Å². The summed E-state index contributed by atoms with van der Waals surface area (Å²) in [6.07, 6.45) is 9.36. The fourth-order valence-electron chi connectivity index (χ4n) is 1.12. The molecule has 0 aliphatic carbocycles. The highest BCUT2D eigenvalue weighted by Gasteiger charge is 1.99. The Kier molecular flexibility index (Phi) is 8.01. The fraction of sp³-hybridized carbons (Fsp3) is 0.538. The van der Waals surface area contributed by atoms with Crippen LogP contribution < -0.4 is 5.32 Å². The predicted molar refractivity (Wildman–Crippen MR) is 65.2 cm³/mol. The molecule has 0 saturated heterocycles. The lowest BCUT2D eigenvalue weighted by molar-refractivity contribution is 0.507. The molecule has 0 aromatic rings. The molecule has 14 heavy (non-hydrogen) atoms. The molecule has 0 bridgehead atoms. The Morgan fingerprint density at radius 3 is 2.79 bits per heavy atom. The van der Waals surface area contributed by atoms with E-state index in [2.05, 4.69) is 38.4 Å². The van der Waals surface area contributed by atoms with Crippen molar-refractivity contribution < 1.29 is 0 Å². The van der Waals surface area contributed by atoms with Crippen LogP contribution in [0.25, 0.3) is 0 Å². The molecular formula is C13H23N. The zero-order valence-corrected chi connectivity index (χ0v) is 9.55. The summed E-state index contributed by atoms with van der Waals surface area (Å²) in [7, 11) is 0. The van der Waals surface area contributed by atoms with Gasteiger partial charge < -0.3 is 5.32 Å². The van der Waals surface area contributed by atoms with Crippen molar-refractivity contribution in [1.29, 1.82) is 0 Å². The molecule has 0 aliphatic rings. The summed E-state index contributed by atoms with van der Waals surface area (Å²) in [5.74, 6) is 0.702. The van der Waals surface area contributed by atoms with Gasteiger partial charge in [-0.25, -0.2) is 0 Å². The van der Waals surface area contributed by atoms with Gasteiger partial charge in [0.05, 0.1) is 0 Å². The van der Waals surface area contributed by atoms with Gasteiger partial charge in [0.15, 0.2) is 0 Å². The Morgan fingerprint density at radius 1 is 1.50 bits per heavy atom. The van der Waals surface area contributed by atoms with Crippen molar-refractivity contribution in [3.8, 4) is 0 Å². The highest BCUT2D eigenvalue weighted by Crippen LogP contribution is 2.05. The smallest absolute Gasteiger partial charge is 0.0169 e. The van der Waals surface area contributed by atoms with Crippen LogP contribution in [0.4, 0.5) is 0 Å². The van der Waals surface area contributed by atoms with Gasteiger partial charge in [-0.3, -0.25) is 0 Å². The lowest BCUT2D eigenvalue weighted by atomic mass is 10.1. The number of hydrogen-bond acceptors (Lipinski definition) is 1. The molecule has 0 fully saturated rings. The summed E-state index contributed by atoms with van der Waals surface area (Å²) >= 11 is 0. The lowest BCUT2D eigenvalue weighted by Crippen LogP contribution is -2.19. The van der Waals surface area contributed by atoms with E-state index in [9.17, 15) is 0 Å². The lowest BCUT2D eigenvalue weighted by Gasteiger charge is -2.13. The maximum absolute atomic E-state index is 3.92. The molecule has 1 atom stereocenters. The fourth-order valence-corrected chi connectivity index (χ4v) is 1.12. The molecule has 0 spiro atoms. The first-order valence-corrected chi connectivity index (χ1v) is 5.39. The maximum atomic E-state index is 3.92. The SMILES string of the molecule is C=C/C=C\CCC(C)CNC(=C)CC. The highest BCUT2D eigenvalue weighted by molar-refractivity contribution is 4.97. The van der Waals surface area contributed by atoms with Gasteiger partial charge in [-0.2, -0.15) is 0 Å². The van der Waals surface area contributed by atoms with Gasteiger partial charge in [0.2, 0.25) is 0 Å². The second kappa shape index (κ2) is 8.61. The molecule has 0 saturated carbocycles. The molecule has 80 valence electrons. The standard InChI is InChI=1S/C13H23N/c1-5-7-8-9-10-12(3)11-14-13(4)6-2/h5,7-8,12,14H,1,4,6,9-11H2,2-3H3/b8-7-. The first-order valence-electron chi connectivity index (χ1n) is 5.39. The average molecular weight is 193 g/mol. The van der Waals surface area contributed by atoms with Gasteiger partial charge in [-0.1, -0.05) is 45.2 Å². The number of allylic oxidation sites excluding steroid dienone is 4. The average Bonchev–Trinajstić information content (AvgIpc) is 2.21. The third kappa shape index (κ3) is 7.66. The van der Waals surface area contributed by atoms with Crippen LogP contribution in [0.15, 0.2) is 37.1 Å². The van der Waals surface area contributed by atoms with Gasteiger partial charge in [-0.05, 0) is 25.2 Å². The first-order chi connectivity index (χ1) is 6.70. The Labute approximate surface area is 88.6 Å². The Morgan fingerprint density at radius 2 is 2.21 bits per heavy atom. The molecule has 0 aromatic heterocycles. The van der Waals surface area contributed by atoms with Gasteiger partial charge in [0.1, 0.15) is 0 Å². The Hall–Kier alpha value is -0.980. The zero-order valence-electron chi connectivity index (χ0n) is 9.55. The van der Waals surface area contributed by atoms with E-state index in [4.69, 9.17) is 0 Å². The summed E-state index contributed by atoms with van der Waals surface area (Å²) in [5, 5.41) is 3.33. The normalized spacial score (nSPS) is 12.7. The first kappa shape index (κ1) is 13.0. The van der Waals surface area contributed by atoms with E-state index < -0.39 is 0 Å². The summed E-state index contributed by atoms with van der Waals surface area (Å²) in [4.78, 5) is 0. The largest absolute Gasteiger partial charge is 0.389 e. The second-order valence-corrected chi connectivity index (χ2v) is 3.68. The van der Waals surface area contributed by atoms with Crippen molar-refractivity contribution in [2.45, 2.75) is 33.1 Å². The maximum Gasteiger partial charge on any atom is 0.0169 e. The molecule has 0 radical (unpaired) electrons. The van der Waals surface area contributed by atoms with Crippen LogP contribution in [-0.4, -0.2) is 6.54 Å². The number of hydrogen-bond donors (Lipinski definition) is 1. The minimum absolute atomic E-state index is 0.702. The van der Waals surface area contributed by atoms with Crippen LogP contribution in [0.3, 0.4) is 0 Å². The summed E-state index contributed by atoms with van der Waals surface area (Å²) in [6.45, 7) is 13.0. The van der Waals surface area contributed by atoms with E-state index in [0.29, 0.717) is 5.92 Å². The van der Waals surface area contributed by atoms with Gasteiger partial charge in [0, 0.05) is 12.2 Å². The van der Waals surface area contributed by atoms with Crippen LogP contribution in [0.5, 0.6) is 0 Å². The van der Waals surface area contributed by atoms with Gasteiger partial charge >= 0.3 is 0 Å². The molecule has 0 amide bonds. The molecule has 0 aliphatic heterocycles. The van der Waals surface area contributed by atoms with Gasteiger partial charge in [0.25, 0.3) is 0 Å². The second-order valence-electron chi connectivity index (χ2n) is 3.68. The molecule has 1 heteroatoms. The van der Waals surface area contributed by atoms with Gasteiger partial charge in [-0.15, -0.1) is 0 Å². The Bertz CT molecular complexity index is 191. The quantitative estimate of drug-likeness (QED) is 0.580. The molecular weight excluding hydrogens is 170 g/mol. The summed E-state index contributed by atoms with van der Waals surface area (Å²) in [6, 6.07) is 0. The minimum atomic E-state index is 0.702. The van der Waals surface area contributed by atoms with E-state index in [1.807, 2.05) is 12.2 Å². The van der Waals surface area contributed by atoms with Crippen LogP contribution in [0.2, 0.25) is 0 Å². The summed E-state index contributed by atoms with van der Waals surface area (Å²) in [5.41, 5.74) is 1.14. The minimum Gasteiger partial charge on any atom is -0.389 e. The molecule has 1 N–H and O–H groups in total. The number of rotatable bonds is 8. The monoisotopic (exact) mass is 193 g/mol. The van der Waals surface area contributed by atoms with E-state index in [1.165, 1.54) is 6.42 Å². The van der Waals surface area contributed by atoms with Crippen LogP contribution in [-0.2, 0) is 0 Å². The highest BCUT2D eigenvalue weighted by atomic mass is 14.9. The van der Waals surface area contributed by atoms with Crippen molar-refractivity contribution in [3.05, 3.63) is 37.1 Å². The third-order valence-corrected chi connectivity index (χ3v) is 2.23. The van der Waals surface area contributed by atoms with Crippen LogP contribution >= 0.6 is 0 Å². The van der Waals surface area contributed by atoms with E-state index in [-0.39, 0.29) is 0 Å². The van der Waals surface area contributed by atoms with Crippen molar-refractivity contribution in [2.24, 2.45) is 5.92 Å². The molecule has 0 aromatic carbocycles. The molecule has 1 unspecified atom stereocenters. The van der Waals surface area contributed by atoms with Crippen molar-refractivity contribution in [3.63, 3.8) is 0 Å².